The van der Waals surface area contributed by atoms with Gasteiger partial charge in [0, 0.05) is 6.54 Å². The van der Waals surface area contributed by atoms with Crippen LogP contribution in [0.1, 0.15) is 23.8 Å². The van der Waals surface area contributed by atoms with Crippen molar-refractivity contribution in [2.24, 2.45) is 0 Å². The fourth-order valence-corrected chi connectivity index (χ4v) is 1.48. The lowest BCUT2D eigenvalue weighted by molar-refractivity contribution is 0.0946. The van der Waals surface area contributed by atoms with Gasteiger partial charge in [-0.2, -0.15) is 0 Å². The molecule has 1 amide bonds. The van der Waals surface area contributed by atoms with Crippen molar-refractivity contribution in [2.75, 3.05) is 6.54 Å². The second kappa shape index (κ2) is 5.25. The van der Waals surface area contributed by atoms with Gasteiger partial charge in [-0.1, -0.05) is 30.3 Å². The van der Waals surface area contributed by atoms with Crippen LogP contribution in [0.15, 0.2) is 36.5 Å². The summed E-state index contributed by atoms with van der Waals surface area (Å²) in [4.78, 5) is 11.8. The molecule has 0 bridgehead atoms. The summed E-state index contributed by atoms with van der Waals surface area (Å²) in [6.45, 7) is 2.66. The van der Waals surface area contributed by atoms with E-state index >= 15 is 0 Å². The Balaban J connectivity index is 2.26. The minimum atomic E-state index is -0.152. The molecule has 5 nitrogen and oxygen atoms in total. The molecule has 0 spiro atoms. The molecule has 0 aliphatic heterocycles. The third-order valence-corrected chi connectivity index (χ3v) is 2.32. The fourth-order valence-electron chi connectivity index (χ4n) is 1.48. The first kappa shape index (κ1) is 11.3. The van der Waals surface area contributed by atoms with Gasteiger partial charge >= 0.3 is 0 Å². The SMILES string of the molecule is CCCNC(=O)c1cnnn1-c1ccccc1. The Hall–Kier alpha value is -2.17. The molecule has 0 unspecified atom stereocenters. The lowest BCUT2D eigenvalue weighted by atomic mass is 10.3. The highest BCUT2D eigenvalue weighted by Crippen LogP contribution is 2.08. The van der Waals surface area contributed by atoms with E-state index in [0.29, 0.717) is 12.2 Å². The molecule has 0 fully saturated rings. The Labute approximate surface area is 99.5 Å². The number of carbonyl (C=O) groups is 1. The zero-order valence-electron chi connectivity index (χ0n) is 9.63. The van der Waals surface area contributed by atoms with Crippen LogP contribution in [-0.4, -0.2) is 27.4 Å². The molecule has 1 aromatic heterocycles. The highest BCUT2D eigenvalue weighted by Gasteiger charge is 2.13. The minimum absolute atomic E-state index is 0.152. The quantitative estimate of drug-likeness (QED) is 0.863. The average Bonchev–Trinajstić information content (AvgIpc) is 2.86. The molecular weight excluding hydrogens is 216 g/mol. The lowest BCUT2D eigenvalue weighted by Crippen LogP contribution is -2.26. The maximum absolute atomic E-state index is 11.8. The van der Waals surface area contributed by atoms with E-state index in [1.165, 1.54) is 10.9 Å². The molecule has 0 saturated carbocycles. The third-order valence-electron chi connectivity index (χ3n) is 2.32. The number of benzene rings is 1. The van der Waals surface area contributed by atoms with Crippen molar-refractivity contribution in [1.82, 2.24) is 20.3 Å². The van der Waals surface area contributed by atoms with Gasteiger partial charge in [0.05, 0.1) is 11.9 Å². The summed E-state index contributed by atoms with van der Waals surface area (Å²) >= 11 is 0. The second-order valence-corrected chi connectivity index (χ2v) is 3.62. The monoisotopic (exact) mass is 230 g/mol. The maximum atomic E-state index is 11.8. The van der Waals surface area contributed by atoms with Gasteiger partial charge in [0.2, 0.25) is 0 Å². The number of aromatic nitrogens is 3. The molecule has 0 aliphatic rings. The molecule has 2 aromatic rings. The van der Waals surface area contributed by atoms with E-state index in [1.807, 2.05) is 37.3 Å². The number of hydrogen-bond donors (Lipinski definition) is 1. The van der Waals surface area contributed by atoms with Crippen molar-refractivity contribution in [2.45, 2.75) is 13.3 Å². The highest BCUT2D eigenvalue weighted by atomic mass is 16.2. The van der Waals surface area contributed by atoms with Crippen LogP contribution in [0.25, 0.3) is 5.69 Å². The number of hydrogen-bond acceptors (Lipinski definition) is 3. The Kier molecular flexibility index (Phi) is 3.49. The number of amides is 1. The van der Waals surface area contributed by atoms with Crippen LogP contribution in [-0.2, 0) is 0 Å². The Morgan fingerprint density at radius 3 is 2.82 bits per heavy atom. The summed E-state index contributed by atoms with van der Waals surface area (Å²) in [6.07, 6.45) is 2.37. The third kappa shape index (κ3) is 2.50. The van der Waals surface area contributed by atoms with E-state index in [4.69, 9.17) is 0 Å². The summed E-state index contributed by atoms with van der Waals surface area (Å²) in [6, 6.07) is 9.46. The molecule has 2 rings (SSSR count). The number of nitrogens with one attached hydrogen (secondary N) is 1. The van der Waals surface area contributed by atoms with Crippen LogP contribution in [0, 0.1) is 0 Å². The van der Waals surface area contributed by atoms with E-state index in [1.54, 1.807) is 0 Å². The fraction of sp³-hybridized carbons (Fsp3) is 0.250. The molecule has 0 saturated heterocycles. The maximum Gasteiger partial charge on any atom is 0.271 e. The second-order valence-electron chi connectivity index (χ2n) is 3.62. The van der Waals surface area contributed by atoms with E-state index in [9.17, 15) is 4.79 Å². The number of rotatable bonds is 4. The van der Waals surface area contributed by atoms with Crippen molar-refractivity contribution >= 4 is 5.91 Å². The van der Waals surface area contributed by atoms with E-state index < -0.39 is 0 Å². The van der Waals surface area contributed by atoms with Crippen molar-refractivity contribution < 1.29 is 4.79 Å². The largest absolute Gasteiger partial charge is 0.351 e. The predicted molar refractivity (Wildman–Crippen MR) is 64.0 cm³/mol. The average molecular weight is 230 g/mol. The molecule has 1 heterocycles. The summed E-state index contributed by atoms with van der Waals surface area (Å²) in [5.41, 5.74) is 1.27. The highest BCUT2D eigenvalue weighted by molar-refractivity contribution is 5.92. The Morgan fingerprint density at radius 1 is 1.35 bits per heavy atom. The zero-order valence-corrected chi connectivity index (χ0v) is 9.63. The number of nitrogens with zero attached hydrogens (tertiary/aromatic N) is 3. The zero-order chi connectivity index (χ0) is 12.1. The van der Waals surface area contributed by atoms with Gasteiger partial charge in [0.15, 0.2) is 5.69 Å². The molecule has 17 heavy (non-hydrogen) atoms. The van der Waals surface area contributed by atoms with Gasteiger partial charge in [-0.25, -0.2) is 4.68 Å². The van der Waals surface area contributed by atoms with Gasteiger partial charge in [-0.3, -0.25) is 4.79 Å². The van der Waals surface area contributed by atoms with Gasteiger partial charge in [0.25, 0.3) is 5.91 Å². The van der Waals surface area contributed by atoms with Gasteiger partial charge < -0.3 is 5.32 Å². The Bertz CT molecular complexity index is 492. The smallest absolute Gasteiger partial charge is 0.271 e. The number of carbonyl (C=O) groups excluding carboxylic acids is 1. The predicted octanol–water partition coefficient (Wildman–Crippen LogP) is 1.41. The molecule has 1 aromatic carbocycles. The molecule has 88 valence electrons. The van der Waals surface area contributed by atoms with Crippen LogP contribution in [0.3, 0.4) is 0 Å². The summed E-state index contributed by atoms with van der Waals surface area (Å²) in [5, 5.41) is 10.5. The van der Waals surface area contributed by atoms with Crippen LogP contribution in [0.2, 0.25) is 0 Å². The summed E-state index contributed by atoms with van der Waals surface area (Å²) < 4.78 is 1.53. The first-order valence-electron chi connectivity index (χ1n) is 5.57. The van der Waals surface area contributed by atoms with Crippen molar-refractivity contribution in [1.29, 1.82) is 0 Å². The normalized spacial score (nSPS) is 10.2. The molecule has 5 heteroatoms. The van der Waals surface area contributed by atoms with E-state index in [2.05, 4.69) is 15.6 Å². The molecular formula is C12H14N4O. The van der Waals surface area contributed by atoms with Crippen molar-refractivity contribution in [3.63, 3.8) is 0 Å². The van der Waals surface area contributed by atoms with E-state index in [0.717, 1.165) is 12.1 Å². The Morgan fingerprint density at radius 2 is 2.12 bits per heavy atom. The molecule has 1 N–H and O–H groups in total. The van der Waals surface area contributed by atoms with Crippen LogP contribution >= 0.6 is 0 Å². The summed E-state index contributed by atoms with van der Waals surface area (Å²) in [5.74, 6) is -0.152. The lowest BCUT2D eigenvalue weighted by Gasteiger charge is -2.06. The van der Waals surface area contributed by atoms with Crippen LogP contribution < -0.4 is 5.32 Å². The van der Waals surface area contributed by atoms with Crippen molar-refractivity contribution in [3.05, 3.63) is 42.2 Å². The minimum Gasteiger partial charge on any atom is -0.351 e. The topological polar surface area (TPSA) is 59.8 Å². The van der Waals surface area contributed by atoms with Gasteiger partial charge in [-0.15, -0.1) is 5.10 Å². The first-order valence-corrected chi connectivity index (χ1v) is 5.57. The van der Waals surface area contributed by atoms with Crippen LogP contribution in [0.5, 0.6) is 0 Å². The van der Waals surface area contributed by atoms with Crippen molar-refractivity contribution in [3.8, 4) is 5.69 Å². The van der Waals surface area contributed by atoms with E-state index in [-0.39, 0.29) is 5.91 Å². The van der Waals surface area contributed by atoms with Gasteiger partial charge in [-0.05, 0) is 18.6 Å². The first-order chi connectivity index (χ1) is 8.33. The summed E-state index contributed by atoms with van der Waals surface area (Å²) in [7, 11) is 0. The number of para-hydroxylation sites is 1. The molecule has 0 aliphatic carbocycles. The van der Waals surface area contributed by atoms with Crippen LogP contribution in [0.4, 0.5) is 0 Å². The van der Waals surface area contributed by atoms with Gasteiger partial charge in [0.1, 0.15) is 0 Å². The molecule has 0 atom stereocenters. The standard InChI is InChI=1S/C12H14N4O/c1-2-8-13-12(17)11-9-14-15-16(11)10-6-4-3-5-7-10/h3-7,9H,2,8H2,1H3,(H,13,17). The molecule has 0 radical (unpaired) electrons.